The topological polar surface area (TPSA) is 92.3 Å². The smallest absolute Gasteiger partial charge is 0.363 e. The number of anilines is 1. The van der Waals surface area contributed by atoms with E-state index in [0.717, 1.165) is 6.07 Å². The van der Waals surface area contributed by atoms with Crippen molar-refractivity contribution in [2.75, 3.05) is 5.32 Å². The van der Waals surface area contributed by atoms with Crippen LogP contribution in [0.3, 0.4) is 0 Å². The maximum Gasteiger partial charge on any atom is 0.433 e. The highest BCUT2D eigenvalue weighted by molar-refractivity contribution is 5.57. The van der Waals surface area contributed by atoms with Crippen LogP contribution in [-0.2, 0) is 12.7 Å². The number of nitrogens with one attached hydrogen (secondary N) is 2. The summed E-state index contributed by atoms with van der Waals surface area (Å²) >= 11 is 0. The van der Waals surface area contributed by atoms with Crippen molar-refractivity contribution in [3.05, 3.63) is 47.9 Å². The Morgan fingerprint density at radius 1 is 1.12 bits per heavy atom. The van der Waals surface area contributed by atoms with Crippen LogP contribution in [0.4, 0.5) is 19.0 Å². The first-order chi connectivity index (χ1) is 11.4. The van der Waals surface area contributed by atoms with Crippen LogP contribution in [0, 0.1) is 6.92 Å². The van der Waals surface area contributed by atoms with E-state index in [-0.39, 0.29) is 18.2 Å². The molecule has 10 heteroatoms. The third-order valence-corrected chi connectivity index (χ3v) is 3.03. The van der Waals surface area contributed by atoms with Crippen molar-refractivity contribution in [1.29, 1.82) is 0 Å². The Balaban J connectivity index is 1.92. The normalized spacial score (nSPS) is 11.5. The molecule has 0 atom stereocenters. The number of aryl methyl sites for hydroxylation is 1. The zero-order chi connectivity index (χ0) is 17.2. The molecule has 3 aromatic rings. The van der Waals surface area contributed by atoms with Crippen LogP contribution in [0.5, 0.6) is 0 Å². The van der Waals surface area contributed by atoms with Gasteiger partial charge >= 0.3 is 6.18 Å². The van der Waals surface area contributed by atoms with Gasteiger partial charge in [0, 0.05) is 24.0 Å². The largest absolute Gasteiger partial charge is 0.433 e. The quantitative estimate of drug-likeness (QED) is 0.761. The number of pyridine rings is 1. The third-order valence-electron chi connectivity index (χ3n) is 3.03. The molecule has 0 aromatic carbocycles. The molecule has 0 aliphatic heterocycles. The Labute approximate surface area is 134 Å². The lowest BCUT2D eigenvalue weighted by atomic mass is 10.2. The number of aromatic amines is 1. The molecule has 0 aliphatic rings. The standard InChI is InChI=1S/C14H12F3N7/c1-8-20-12(24-23-8)7-19-11-6-10(14(15,16)17)21-13(22-11)9-2-4-18-5-3-9/h2-6H,7H2,1H3,(H,19,21,22)(H,20,23,24). The van der Waals surface area contributed by atoms with Gasteiger partial charge < -0.3 is 5.32 Å². The average Bonchev–Trinajstić information content (AvgIpc) is 2.98. The van der Waals surface area contributed by atoms with Crippen molar-refractivity contribution in [1.82, 2.24) is 30.1 Å². The van der Waals surface area contributed by atoms with Crippen molar-refractivity contribution in [3.8, 4) is 11.4 Å². The van der Waals surface area contributed by atoms with E-state index in [1.807, 2.05) is 0 Å². The number of hydrogen-bond donors (Lipinski definition) is 2. The van der Waals surface area contributed by atoms with Crippen LogP contribution in [0.1, 0.15) is 17.3 Å². The minimum atomic E-state index is -4.58. The zero-order valence-corrected chi connectivity index (χ0v) is 12.5. The van der Waals surface area contributed by atoms with Crippen LogP contribution < -0.4 is 5.32 Å². The van der Waals surface area contributed by atoms with Gasteiger partial charge in [0.15, 0.2) is 17.3 Å². The van der Waals surface area contributed by atoms with Gasteiger partial charge in [0.1, 0.15) is 11.6 Å². The second-order valence-corrected chi connectivity index (χ2v) is 4.89. The predicted octanol–water partition coefficient (Wildman–Crippen LogP) is 2.60. The Bertz CT molecular complexity index is 830. The predicted molar refractivity (Wildman–Crippen MR) is 78.7 cm³/mol. The van der Waals surface area contributed by atoms with E-state index in [4.69, 9.17) is 0 Å². The van der Waals surface area contributed by atoms with Gasteiger partial charge in [-0.25, -0.2) is 15.0 Å². The SMILES string of the molecule is Cc1nc(CNc2cc(C(F)(F)F)nc(-c3ccncc3)n2)n[nH]1. The number of nitrogens with zero attached hydrogens (tertiary/aromatic N) is 5. The van der Waals surface area contributed by atoms with Crippen LogP contribution in [0.2, 0.25) is 0 Å². The molecule has 3 rings (SSSR count). The summed E-state index contributed by atoms with van der Waals surface area (Å²) in [5.41, 5.74) is -0.592. The Morgan fingerprint density at radius 2 is 1.88 bits per heavy atom. The number of rotatable bonds is 4. The minimum Gasteiger partial charge on any atom is -0.363 e. The van der Waals surface area contributed by atoms with Crippen LogP contribution in [0.25, 0.3) is 11.4 Å². The van der Waals surface area contributed by atoms with Crippen molar-refractivity contribution in [2.24, 2.45) is 0 Å². The van der Waals surface area contributed by atoms with E-state index >= 15 is 0 Å². The molecule has 0 radical (unpaired) electrons. The number of H-pyrrole nitrogens is 1. The zero-order valence-electron chi connectivity index (χ0n) is 12.5. The fourth-order valence-electron chi connectivity index (χ4n) is 1.95. The molecular weight excluding hydrogens is 323 g/mol. The Hall–Kier alpha value is -3.04. The van der Waals surface area contributed by atoms with Crippen molar-refractivity contribution in [3.63, 3.8) is 0 Å². The summed E-state index contributed by atoms with van der Waals surface area (Å²) in [6.07, 6.45) is -1.66. The summed E-state index contributed by atoms with van der Waals surface area (Å²) in [6, 6.07) is 3.93. The summed E-state index contributed by atoms with van der Waals surface area (Å²) in [5, 5.41) is 9.35. The Kier molecular flexibility index (Phi) is 4.11. The van der Waals surface area contributed by atoms with Crippen LogP contribution in [0.15, 0.2) is 30.6 Å². The molecule has 0 spiro atoms. The molecule has 24 heavy (non-hydrogen) atoms. The van der Waals surface area contributed by atoms with E-state index < -0.39 is 11.9 Å². The summed E-state index contributed by atoms with van der Waals surface area (Å²) in [7, 11) is 0. The average molecular weight is 335 g/mol. The lowest BCUT2D eigenvalue weighted by Gasteiger charge is -2.11. The Morgan fingerprint density at radius 3 is 2.50 bits per heavy atom. The molecule has 0 aliphatic carbocycles. The highest BCUT2D eigenvalue weighted by Gasteiger charge is 2.33. The van der Waals surface area contributed by atoms with Crippen molar-refractivity contribution in [2.45, 2.75) is 19.6 Å². The number of aromatic nitrogens is 6. The highest BCUT2D eigenvalue weighted by atomic mass is 19.4. The summed E-state index contributed by atoms with van der Waals surface area (Å²) in [5.74, 6) is 1.03. The van der Waals surface area contributed by atoms with Crippen molar-refractivity contribution >= 4 is 5.82 Å². The molecule has 0 bridgehead atoms. The van der Waals surface area contributed by atoms with Crippen LogP contribution >= 0.6 is 0 Å². The van der Waals surface area contributed by atoms with Gasteiger partial charge in [-0.05, 0) is 19.1 Å². The number of halogens is 3. The molecule has 0 saturated heterocycles. The second kappa shape index (κ2) is 6.22. The van der Waals surface area contributed by atoms with E-state index in [0.29, 0.717) is 17.2 Å². The fraction of sp³-hybridized carbons (Fsp3) is 0.214. The van der Waals surface area contributed by atoms with Gasteiger partial charge in [-0.1, -0.05) is 0 Å². The first kappa shape index (κ1) is 15.8. The summed E-state index contributed by atoms with van der Waals surface area (Å²) < 4.78 is 39.2. The molecular formula is C14H12F3N7. The summed E-state index contributed by atoms with van der Waals surface area (Å²) in [4.78, 5) is 15.6. The van der Waals surface area contributed by atoms with Gasteiger partial charge in [-0.2, -0.15) is 18.3 Å². The molecule has 2 N–H and O–H groups in total. The highest BCUT2D eigenvalue weighted by Crippen LogP contribution is 2.30. The van der Waals surface area contributed by atoms with Crippen LogP contribution in [-0.4, -0.2) is 30.1 Å². The molecule has 0 fully saturated rings. The molecule has 3 heterocycles. The van der Waals surface area contributed by atoms with E-state index in [2.05, 4.69) is 35.5 Å². The molecule has 7 nitrogen and oxygen atoms in total. The minimum absolute atomic E-state index is 0.0339. The first-order valence-corrected chi connectivity index (χ1v) is 6.90. The number of hydrogen-bond acceptors (Lipinski definition) is 6. The lowest BCUT2D eigenvalue weighted by molar-refractivity contribution is -0.141. The second-order valence-electron chi connectivity index (χ2n) is 4.89. The molecule has 3 aromatic heterocycles. The van der Waals surface area contributed by atoms with Gasteiger partial charge in [0.25, 0.3) is 0 Å². The van der Waals surface area contributed by atoms with E-state index in [9.17, 15) is 13.2 Å². The van der Waals surface area contributed by atoms with E-state index in [1.165, 1.54) is 24.5 Å². The van der Waals surface area contributed by atoms with E-state index in [1.54, 1.807) is 6.92 Å². The van der Waals surface area contributed by atoms with Gasteiger partial charge in [-0.15, -0.1) is 0 Å². The maximum atomic E-state index is 13.1. The van der Waals surface area contributed by atoms with Crippen molar-refractivity contribution < 1.29 is 13.2 Å². The first-order valence-electron chi connectivity index (χ1n) is 6.90. The van der Waals surface area contributed by atoms with Gasteiger partial charge in [0.2, 0.25) is 0 Å². The molecule has 0 saturated carbocycles. The maximum absolute atomic E-state index is 13.1. The third kappa shape index (κ3) is 3.65. The van der Waals surface area contributed by atoms with Gasteiger partial charge in [0.05, 0.1) is 6.54 Å². The monoisotopic (exact) mass is 335 g/mol. The summed E-state index contributed by atoms with van der Waals surface area (Å²) in [6.45, 7) is 1.86. The lowest BCUT2D eigenvalue weighted by Crippen LogP contribution is -2.12. The number of alkyl halides is 3. The molecule has 124 valence electrons. The van der Waals surface area contributed by atoms with Gasteiger partial charge in [-0.3, -0.25) is 10.1 Å². The fourth-order valence-corrected chi connectivity index (χ4v) is 1.95. The molecule has 0 amide bonds. The molecule has 0 unspecified atom stereocenters.